The Bertz CT molecular complexity index is 1020. The third-order valence-corrected chi connectivity index (χ3v) is 6.01. The summed E-state index contributed by atoms with van der Waals surface area (Å²) in [7, 11) is 0. The van der Waals surface area contributed by atoms with Gasteiger partial charge in [-0.2, -0.15) is 0 Å². The predicted octanol–water partition coefficient (Wildman–Crippen LogP) is 5.53. The van der Waals surface area contributed by atoms with Crippen molar-refractivity contribution in [1.29, 1.82) is 0 Å². The molecule has 1 aliphatic heterocycles. The summed E-state index contributed by atoms with van der Waals surface area (Å²) in [5, 5.41) is 0. The van der Waals surface area contributed by atoms with E-state index in [1.807, 2.05) is 70.7 Å². The summed E-state index contributed by atoms with van der Waals surface area (Å²) >= 11 is 0. The van der Waals surface area contributed by atoms with Gasteiger partial charge in [0, 0.05) is 18.2 Å². The highest BCUT2D eigenvalue weighted by Gasteiger charge is 2.34. The fourth-order valence-electron chi connectivity index (χ4n) is 4.79. The van der Waals surface area contributed by atoms with Crippen LogP contribution in [-0.2, 0) is 32.1 Å². The van der Waals surface area contributed by atoms with Gasteiger partial charge in [-0.15, -0.1) is 0 Å². The largest absolute Gasteiger partial charge is 0.458 e. The molecule has 184 valence electrons. The lowest BCUT2D eigenvalue weighted by atomic mass is 9.84. The van der Waals surface area contributed by atoms with E-state index in [0.29, 0.717) is 18.5 Å². The first-order valence-corrected chi connectivity index (χ1v) is 11.9. The molecule has 2 aromatic carbocycles. The number of hydrogen-bond donors (Lipinski definition) is 0. The zero-order chi connectivity index (χ0) is 25.0. The van der Waals surface area contributed by atoms with E-state index in [4.69, 9.17) is 9.47 Å². The third-order valence-electron chi connectivity index (χ3n) is 6.01. The average molecular weight is 470 g/mol. The Morgan fingerprint density at radius 3 is 2.41 bits per heavy atom. The summed E-state index contributed by atoms with van der Waals surface area (Å²) < 4.78 is 25.1. The van der Waals surface area contributed by atoms with E-state index in [9.17, 15) is 14.0 Å². The van der Waals surface area contributed by atoms with Crippen LogP contribution < -0.4 is 4.90 Å². The third kappa shape index (κ3) is 6.66. The molecule has 0 aromatic heterocycles. The molecule has 0 aliphatic carbocycles. The topological polar surface area (TPSA) is 55.8 Å². The van der Waals surface area contributed by atoms with Crippen molar-refractivity contribution >= 4 is 17.6 Å². The van der Waals surface area contributed by atoms with Gasteiger partial charge in [-0.05, 0) is 81.7 Å². The lowest BCUT2D eigenvalue weighted by Crippen LogP contribution is -2.46. The standard InChI is InChI=1S/C28H36FNO4/c1-18-11-22(16-33-17-25(31)34-28(4,5)6)12-19(2)26(18)30-15-21(13-20(3)27(30)32)14-23-9-7-8-10-24(23)29/h7-12,20-21H,13-17H2,1-6H3/t20-,21-/m1/s1. The van der Waals surface area contributed by atoms with Crippen LogP contribution in [0.15, 0.2) is 36.4 Å². The Balaban J connectivity index is 1.71. The lowest BCUT2D eigenvalue weighted by Gasteiger charge is -2.38. The molecular weight excluding hydrogens is 433 g/mol. The highest BCUT2D eigenvalue weighted by Crippen LogP contribution is 2.34. The number of carbonyl (C=O) groups excluding carboxylic acids is 2. The molecule has 0 bridgehead atoms. The minimum atomic E-state index is -0.544. The number of carbonyl (C=O) groups is 2. The Morgan fingerprint density at radius 2 is 1.79 bits per heavy atom. The minimum absolute atomic E-state index is 0.102. The van der Waals surface area contributed by atoms with Crippen LogP contribution in [0.3, 0.4) is 0 Å². The fraction of sp³-hybridized carbons (Fsp3) is 0.500. The summed E-state index contributed by atoms with van der Waals surface area (Å²) in [6.45, 7) is 12.1. The number of amides is 1. The van der Waals surface area contributed by atoms with E-state index in [2.05, 4.69) is 0 Å². The lowest BCUT2D eigenvalue weighted by molar-refractivity contribution is -0.160. The van der Waals surface area contributed by atoms with E-state index >= 15 is 0 Å². The molecule has 1 amide bonds. The first-order chi connectivity index (χ1) is 15.9. The number of hydrogen-bond acceptors (Lipinski definition) is 4. The SMILES string of the molecule is Cc1cc(COCC(=O)OC(C)(C)C)cc(C)c1N1C[C@@H](Cc2ccccc2F)C[C@@H](C)C1=O. The fourth-order valence-corrected chi connectivity index (χ4v) is 4.79. The molecule has 34 heavy (non-hydrogen) atoms. The summed E-state index contributed by atoms with van der Waals surface area (Å²) in [4.78, 5) is 26.9. The Labute approximate surface area is 202 Å². The maximum atomic E-state index is 14.2. The van der Waals surface area contributed by atoms with E-state index in [1.165, 1.54) is 6.07 Å². The Hall–Kier alpha value is -2.73. The number of ether oxygens (including phenoxy) is 2. The van der Waals surface area contributed by atoms with Gasteiger partial charge in [0.2, 0.25) is 5.91 Å². The summed E-state index contributed by atoms with van der Waals surface area (Å²) in [5.41, 5.74) is 3.94. The van der Waals surface area contributed by atoms with E-state index in [0.717, 1.165) is 28.8 Å². The van der Waals surface area contributed by atoms with Crippen LogP contribution in [-0.4, -0.2) is 30.6 Å². The molecule has 0 spiro atoms. The molecule has 0 saturated carbocycles. The van der Waals surface area contributed by atoms with Crippen molar-refractivity contribution in [3.63, 3.8) is 0 Å². The van der Waals surface area contributed by atoms with Crippen LogP contribution in [0.1, 0.15) is 56.4 Å². The first kappa shape index (κ1) is 25.9. The van der Waals surface area contributed by atoms with Gasteiger partial charge in [-0.25, -0.2) is 9.18 Å². The second-order valence-electron chi connectivity index (χ2n) is 10.4. The highest BCUT2D eigenvalue weighted by molar-refractivity contribution is 5.97. The van der Waals surface area contributed by atoms with Crippen LogP contribution in [0.5, 0.6) is 0 Å². The Kier molecular flexibility index (Phi) is 8.13. The molecule has 6 heteroatoms. The molecule has 1 saturated heterocycles. The van der Waals surface area contributed by atoms with Gasteiger partial charge in [0.05, 0.1) is 6.61 Å². The first-order valence-electron chi connectivity index (χ1n) is 11.9. The average Bonchev–Trinajstić information content (AvgIpc) is 2.71. The van der Waals surface area contributed by atoms with Crippen LogP contribution >= 0.6 is 0 Å². The van der Waals surface area contributed by atoms with Crippen molar-refractivity contribution in [1.82, 2.24) is 0 Å². The minimum Gasteiger partial charge on any atom is -0.458 e. The molecule has 1 aliphatic rings. The summed E-state index contributed by atoms with van der Waals surface area (Å²) in [6.07, 6.45) is 1.35. The van der Waals surface area contributed by atoms with Gasteiger partial charge in [0.25, 0.3) is 0 Å². The van der Waals surface area contributed by atoms with E-state index < -0.39 is 11.6 Å². The van der Waals surface area contributed by atoms with Gasteiger partial charge in [-0.1, -0.05) is 37.3 Å². The molecular formula is C28H36FNO4. The molecule has 5 nitrogen and oxygen atoms in total. The van der Waals surface area contributed by atoms with Crippen molar-refractivity contribution in [3.05, 3.63) is 64.5 Å². The van der Waals surface area contributed by atoms with E-state index in [1.54, 1.807) is 6.07 Å². The van der Waals surface area contributed by atoms with Crippen LogP contribution in [0, 0.1) is 31.5 Å². The maximum absolute atomic E-state index is 14.2. The summed E-state index contributed by atoms with van der Waals surface area (Å²) in [5.74, 6) is -0.431. The van der Waals surface area contributed by atoms with Crippen molar-refractivity contribution in [2.45, 2.75) is 66.6 Å². The molecule has 0 N–H and O–H groups in total. The number of piperidine rings is 1. The van der Waals surface area contributed by atoms with E-state index in [-0.39, 0.29) is 36.8 Å². The monoisotopic (exact) mass is 469 g/mol. The molecule has 2 aromatic rings. The zero-order valence-corrected chi connectivity index (χ0v) is 21.1. The smallest absolute Gasteiger partial charge is 0.332 e. The number of nitrogens with zero attached hydrogens (tertiary/aromatic N) is 1. The molecule has 1 heterocycles. The number of halogens is 1. The Morgan fingerprint density at radius 1 is 1.15 bits per heavy atom. The van der Waals surface area contributed by atoms with Crippen molar-refractivity contribution in [3.8, 4) is 0 Å². The van der Waals surface area contributed by atoms with Gasteiger partial charge in [-0.3, -0.25) is 4.79 Å². The normalized spacial score (nSPS) is 18.8. The number of aryl methyl sites for hydroxylation is 2. The van der Waals surface area contributed by atoms with Crippen LogP contribution in [0.25, 0.3) is 0 Å². The molecule has 1 fully saturated rings. The van der Waals surface area contributed by atoms with Crippen molar-refractivity contribution in [2.24, 2.45) is 11.8 Å². The van der Waals surface area contributed by atoms with Crippen LogP contribution in [0.4, 0.5) is 10.1 Å². The van der Waals surface area contributed by atoms with Gasteiger partial charge >= 0.3 is 5.97 Å². The van der Waals surface area contributed by atoms with Gasteiger partial charge in [0.15, 0.2) is 0 Å². The second-order valence-corrected chi connectivity index (χ2v) is 10.4. The molecule has 2 atom stereocenters. The molecule has 0 unspecified atom stereocenters. The molecule has 0 radical (unpaired) electrons. The molecule has 3 rings (SSSR count). The highest BCUT2D eigenvalue weighted by atomic mass is 19.1. The second kappa shape index (κ2) is 10.7. The summed E-state index contributed by atoms with van der Waals surface area (Å²) in [6, 6.07) is 10.9. The quantitative estimate of drug-likeness (QED) is 0.500. The van der Waals surface area contributed by atoms with Crippen LogP contribution in [0.2, 0.25) is 0 Å². The van der Waals surface area contributed by atoms with Crippen molar-refractivity contribution in [2.75, 3.05) is 18.1 Å². The van der Waals surface area contributed by atoms with Gasteiger partial charge in [0.1, 0.15) is 18.0 Å². The number of esters is 1. The number of benzene rings is 2. The van der Waals surface area contributed by atoms with Crippen molar-refractivity contribution < 1.29 is 23.5 Å². The van der Waals surface area contributed by atoms with Gasteiger partial charge < -0.3 is 14.4 Å². The number of rotatable bonds is 7. The number of anilines is 1. The maximum Gasteiger partial charge on any atom is 0.332 e. The zero-order valence-electron chi connectivity index (χ0n) is 21.1. The predicted molar refractivity (Wildman–Crippen MR) is 131 cm³/mol.